The summed E-state index contributed by atoms with van der Waals surface area (Å²) in [7, 11) is 4.81. The van der Waals surface area contributed by atoms with E-state index < -0.39 is 6.23 Å². The smallest absolute Gasteiger partial charge is 0.214 e. The number of fused-ring (bicyclic) bond motifs is 3. The normalized spacial score (nSPS) is 18.7. The Labute approximate surface area is 197 Å². The predicted octanol–water partition coefficient (Wildman–Crippen LogP) is 5.41. The fourth-order valence-electron chi connectivity index (χ4n) is 4.41. The zero-order valence-electron chi connectivity index (χ0n) is 19.0. The second-order valence-electron chi connectivity index (χ2n) is 7.66. The molecule has 2 aliphatic heterocycles. The first-order valence-corrected chi connectivity index (χ1v) is 11.7. The van der Waals surface area contributed by atoms with E-state index in [0.29, 0.717) is 23.9 Å². The molecule has 0 fully saturated rings. The van der Waals surface area contributed by atoms with Gasteiger partial charge >= 0.3 is 0 Å². The van der Waals surface area contributed by atoms with Crippen molar-refractivity contribution in [1.82, 2.24) is 5.01 Å². The first-order chi connectivity index (χ1) is 16.2. The van der Waals surface area contributed by atoms with Gasteiger partial charge in [-0.3, -0.25) is 0 Å². The zero-order valence-corrected chi connectivity index (χ0v) is 19.8. The molecule has 5 rings (SSSR count). The van der Waals surface area contributed by atoms with Gasteiger partial charge < -0.3 is 23.7 Å². The van der Waals surface area contributed by atoms with Crippen molar-refractivity contribution >= 4 is 17.0 Å². The van der Waals surface area contributed by atoms with Crippen LogP contribution in [0.1, 0.15) is 41.6 Å². The molecule has 3 aromatic rings. The van der Waals surface area contributed by atoms with Crippen LogP contribution in [0.15, 0.2) is 52.9 Å². The van der Waals surface area contributed by atoms with Crippen LogP contribution in [0.2, 0.25) is 0 Å². The van der Waals surface area contributed by atoms with E-state index in [9.17, 15) is 0 Å². The molecule has 0 aliphatic carbocycles. The van der Waals surface area contributed by atoms with Crippen LogP contribution in [0.4, 0.5) is 0 Å². The molecular formula is C25H26N2O5S. The monoisotopic (exact) mass is 466 g/mol. The number of hydrazone groups is 1. The number of benzene rings is 2. The second kappa shape index (κ2) is 8.86. The number of hydrogen-bond acceptors (Lipinski definition) is 8. The van der Waals surface area contributed by atoms with E-state index in [4.69, 9.17) is 28.8 Å². The topological polar surface area (TPSA) is 61.8 Å². The van der Waals surface area contributed by atoms with Crippen molar-refractivity contribution in [3.63, 3.8) is 0 Å². The van der Waals surface area contributed by atoms with Crippen molar-refractivity contribution in [2.75, 3.05) is 27.9 Å². The standard InChI is InChI=1S/C25H26N2O5S/c1-5-31-19-9-6-8-16-18-14-17(22-10-7-11-33-22)26-27(18)25(32-23(16)19)15-12-20(28-2)24(30-4)21(13-15)29-3/h6-13,18,25H,5,14H2,1-4H3/t18-,25-/m0/s1. The Morgan fingerprint density at radius 2 is 1.82 bits per heavy atom. The van der Waals surface area contributed by atoms with Gasteiger partial charge in [-0.15, -0.1) is 11.3 Å². The summed E-state index contributed by atoms with van der Waals surface area (Å²) in [4.78, 5) is 1.16. The van der Waals surface area contributed by atoms with Gasteiger partial charge in [-0.25, -0.2) is 5.01 Å². The third-order valence-corrected chi connectivity index (χ3v) is 6.78. The molecule has 0 saturated carbocycles. The predicted molar refractivity (Wildman–Crippen MR) is 127 cm³/mol. The van der Waals surface area contributed by atoms with Crippen LogP contribution < -0.4 is 23.7 Å². The molecule has 2 aromatic carbocycles. The summed E-state index contributed by atoms with van der Waals surface area (Å²) in [5, 5.41) is 9.13. The molecule has 2 atom stereocenters. The van der Waals surface area contributed by atoms with Crippen molar-refractivity contribution in [1.29, 1.82) is 0 Å². The molecule has 0 saturated heterocycles. The van der Waals surface area contributed by atoms with Crippen molar-refractivity contribution in [3.05, 3.63) is 63.8 Å². The summed E-state index contributed by atoms with van der Waals surface area (Å²) < 4.78 is 29.2. The molecule has 0 bridgehead atoms. The van der Waals surface area contributed by atoms with Gasteiger partial charge in [0.25, 0.3) is 0 Å². The number of para-hydroxylation sites is 1. The molecule has 7 nitrogen and oxygen atoms in total. The van der Waals surface area contributed by atoms with E-state index in [-0.39, 0.29) is 6.04 Å². The van der Waals surface area contributed by atoms with Gasteiger partial charge in [-0.2, -0.15) is 5.10 Å². The molecule has 0 unspecified atom stereocenters. The molecule has 1 aromatic heterocycles. The van der Waals surface area contributed by atoms with Gasteiger partial charge in [-0.1, -0.05) is 18.2 Å². The van der Waals surface area contributed by atoms with E-state index in [0.717, 1.165) is 39.6 Å². The van der Waals surface area contributed by atoms with Gasteiger partial charge in [0.2, 0.25) is 12.0 Å². The molecule has 33 heavy (non-hydrogen) atoms. The summed E-state index contributed by atoms with van der Waals surface area (Å²) in [6, 6.07) is 14.0. The first-order valence-electron chi connectivity index (χ1n) is 10.8. The minimum Gasteiger partial charge on any atom is -0.493 e. The highest BCUT2D eigenvalue weighted by Gasteiger charge is 2.43. The van der Waals surface area contributed by atoms with Gasteiger partial charge in [0.15, 0.2) is 23.0 Å². The average molecular weight is 467 g/mol. The molecule has 172 valence electrons. The van der Waals surface area contributed by atoms with Crippen molar-refractivity contribution in [2.24, 2.45) is 5.10 Å². The zero-order chi connectivity index (χ0) is 22.9. The average Bonchev–Trinajstić information content (AvgIpc) is 3.53. The fraction of sp³-hybridized carbons (Fsp3) is 0.320. The van der Waals surface area contributed by atoms with Crippen LogP contribution in [0.5, 0.6) is 28.7 Å². The van der Waals surface area contributed by atoms with Crippen molar-refractivity contribution in [3.8, 4) is 28.7 Å². The van der Waals surface area contributed by atoms with Crippen LogP contribution in [-0.4, -0.2) is 38.7 Å². The Kier molecular flexibility index (Phi) is 5.76. The Bertz CT molecular complexity index is 1150. The quantitative estimate of drug-likeness (QED) is 0.464. The van der Waals surface area contributed by atoms with Crippen molar-refractivity contribution in [2.45, 2.75) is 25.6 Å². The lowest BCUT2D eigenvalue weighted by Crippen LogP contribution is -2.34. The van der Waals surface area contributed by atoms with E-state index in [2.05, 4.69) is 17.5 Å². The van der Waals surface area contributed by atoms with E-state index in [1.165, 1.54) is 0 Å². The molecule has 0 radical (unpaired) electrons. The lowest BCUT2D eigenvalue weighted by atomic mass is 9.97. The SMILES string of the molecule is CCOc1cccc2c1O[C@@H](c1cc(OC)c(OC)c(OC)c1)N1N=C(c3cccs3)C[C@@H]21. The minimum atomic E-state index is -0.490. The number of nitrogens with zero attached hydrogens (tertiary/aromatic N) is 2. The number of hydrogen-bond donors (Lipinski definition) is 0. The van der Waals surface area contributed by atoms with E-state index in [1.807, 2.05) is 42.3 Å². The van der Waals surface area contributed by atoms with Gasteiger partial charge in [0.1, 0.15) is 0 Å². The summed E-state index contributed by atoms with van der Waals surface area (Å²) >= 11 is 1.69. The Morgan fingerprint density at radius 3 is 2.45 bits per heavy atom. The van der Waals surface area contributed by atoms with Crippen LogP contribution in [-0.2, 0) is 0 Å². The Morgan fingerprint density at radius 1 is 1.03 bits per heavy atom. The molecule has 2 aliphatic rings. The highest BCUT2D eigenvalue weighted by Crippen LogP contribution is 2.52. The summed E-state index contributed by atoms with van der Waals surface area (Å²) in [6.07, 6.45) is 0.295. The summed E-state index contributed by atoms with van der Waals surface area (Å²) in [5.41, 5.74) is 2.97. The maximum Gasteiger partial charge on any atom is 0.214 e. The van der Waals surface area contributed by atoms with Gasteiger partial charge in [-0.05, 0) is 36.6 Å². The first kappa shape index (κ1) is 21.5. The summed E-state index contributed by atoms with van der Waals surface area (Å²) in [5.74, 6) is 3.16. The highest BCUT2D eigenvalue weighted by atomic mass is 32.1. The molecular weight excluding hydrogens is 440 g/mol. The van der Waals surface area contributed by atoms with Crippen LogP contribution in [0.25, 0.3) is 0 Å². The lowest BCUT2D eigenvalue weighted by molar-refractivity contribution is -0.0214. The maximum atomic E-state index is 6.60. The number of rotatable bonds is 7. The fourth-order valence-corrected chi connectivity index (χ4v) is 5.13. The molecule has 0 N–H and O–H groups in total. The molecule has 0 amide bonds. The van der Waals surface area contributed by atoms with Crippen LogP contribution in [0.3, 0.4) is 0 Å². The van der Waals surface area contributed by atoms with E-state index >= 15 is 0 Å². The lowest BCUT2D eigenvalue weighted by Gasteiger charge is -2.39. The molecule has 3 heterocycles. The largest absolute Gasteiger partial charge is 0.493 e. The summed E-state index contributed by atoms with van der Waals surface area (Å²) in [6.45, 7) is 2.53. The highest BCUT2D eigenvalue weighted by molar-refractivity contribution is 7.12. The van der Waals surface area contributed by atoms with Crippen LogP contribution >= 0.6 is 11.3 Å². The number of methoxy groups -OCH3 is 3. The molecule has 0 spiro atoms. The number of thiophene rings is 1. The van der Waals surface area contributed by atoms with Gasteiger partial charge in [0, 0.05) is 17.5 Å². The molecule has 8 heteroatoms. The number of ether oxygens (including phenoxy) is 5. The van der Waals surface area contributed by atoms with Crippen LogP contribution in [0, 0.1) is 0 Å². The van der Waals surface area contributed by atoms with Gasteiger partial charge in [0.05, 0.1) is 44.6 Å². The minimum absolute atomic E-state index is 0.0235. The Balaban J connectivity index is 1.65. The third kappa shape index (κ3) is 3.64. The van der Waals surface area contributed by atoms with Crippen molar-refractivity contribution < 1.29 is 23.7 Å². The third-order valence-electron chi connectivity index (χ3n) is 5.86. The van der Waals surface area contributed by atoms with E-state index in [1.54, 1.807) is 32.7 Å². The second-order valence-corrected chi connectivity index (χ2v) is 8.61. The maximum absolute atomic E-state index is 6.60. The Hall–Kier alpha value is -3.39.